The van der Waals surface area contributed by atoms with Gasteiger partial charge in [0.25, 0.3) is 0 Å². The van der Waals surface area contributed by atoms with Crippen molar-refractivity contribution in [1.29, 1.82) is 0 Å². The lowest BCUT2D eigenvalue weighted by Crippen LogP contribution is -2.26. The lowest BCUT2D eigenvalue weighted by Gasteiger charge is -2.10. The fourth-order valence-corrected chi connectivity index (χ4v) is 3.11. The Morgan fingerprint density at radius 3 is 2.39 bits per heavy atom. The van der Waals surface area contributed by atoms with Gasteiger partial charge in [-0.15, -0.1) is 0 Å². The van der Waals surface area contributed by atoms with Crippen molar-refractivity contribution in [2.45, 2.75) is 6.18 Å². The average molecular weight is 456 g/mol. The molecule has 0 saturated carbocycles. The van der Waals surface area contributed by atoms with Gasteiger partial charge in [0.1, 0.15) is 12.4 Å². The molecule has 3 aromatic rings. The Bertz CT molecular complexity index is 1130. The fourth-order valence-electron chi connectivity index (χ4n) is 2.66. The molecule has 31 heavy (non-hydrogen) atoms. The average Bonchev–Trinajstić information content (AvgIpc) is 3.17. The molecule has 0 aliphatic heterocycles. The molecular weight excluding hydrogens is 437 g/mol. The maximum Gasteiger partial charge on any atom is 0.435 e. The summed E-state index contributed by atoms with van der Waals surface area (Å²) in [7, 11) is -1.88. The topological polar surface area (TPSA) is 95.3 Å². The van der Waals surface area contributed by atoms with Gasteiger partial charge in [-0.3, -0.25) is 0 Å². The van der Waals surface area contributed by atoms with Crippen LogP contribution >= 0.6 is 0 Å². The van der Waals surface area contributed by atoms with Gasteiger partial charge >= 0.3 is 6.18 Å². The van der Waals surface area contributed by atoms with Crippen LogP contribution in [0.4, 0.5) is 13.2 Å². The molecule has 2 aromatic heterocycles. The quantitative estimate of drug-likeness (QED) is 0.524. The Morgan fingerprint density at radius 1 is 1.13 bits per heavy atom. The highest BCUT2D eigenvalue weighted by atomic mass is 32.2. The first kappa shape index (κ1) is 22.6. The molecule has 0 unspecified atom stereocenters. The van der Waals surface area contributed by atoms with E-state index in [0.717, 1.165) is 17.0 Å². The van der Waals surface area contributed by atoms with E-state index in [1.54, 1.807) is 30.3 Å². The monoisotopic (exact) mass is 456 g/mol. The Morgan fingerprint density at radius 2 is 1.84 bits per heavy atom. The van der Waals surface area contributed by atoms with E-state index in [2.05, 4.69) is 14.8 Å². The Hall–Kier alpha value is -3.12. The number of ether oxygens (including phenoxy) is 2. The Balaban J connectivity index is 1.86. The zero-order valence-corrected chi connectivity index (χ0v) is 17.4. The van der Waals surface area contributed by atoms with Crippen molar-refractivity contribution in [2.24, 2.45) is 0 Å². The molecule has 0 spiro atoms. The summed E-state index contributed by atoms with van der Waals surface area (Å²) < 4.78 is 75.8. The van der Waals surface area contributed by atoms with E-state index in [4.69, 9.17) is 9.47 Å². The molecular formula is C19H19F3N4O4S. The summed E-state index contributed by atoms with van der Waals surface area (Å²) in [6, 6.07) is 10.4. The van der Waals surface area contributed by atoms with E-state index in [-0.39, 0.29) is 18.8 Å². The van der Waals surface area contributed by atoms with E-state index < -0.39 is 21.9 Å². The molecule has 8 nitrogen and oxygen atoms in total. The van der Waals surface area contributed by atoms with Crippen molar-refractivity contribution in [3.05, 3.63) is 54.4 Å². The maximum absolute atomic E-state index is 13.3. The maximum atomic E-state index is 13.3. The summed E-state index contributed by atoms with van der Waals surface area (Å²) >= 11 is 0. The summed E-state index contributed by atoms with van der Waals surface area (Å²) in [5, 5.41) is 3.70. The van der Waals surface area contributed by atoms with Crippen LogP contribution in [0.2, 0.25) is 0 Å². The number of sulfonamides is 1. The van der Waals surface area contributed by atoms with Crippen molar-refractivity contribution in [3.8, 4) is 28.6 Å². The summed E-state index contributed by atoms with van der Waals surface area (Å²) in [5.41, 5.74) is -0.0195. The molecule has 0 radical (unpaired) electrons. The van der Waals surface area contributed by atoms with Crippen molar-refractivity contribution in [1.82, 2.24) is 19.5 Å². The molecule has 0 aliphatic rings. The lowest BCUT2D eigenvalue weighted by atomic mass is 10.1. The highest BCUT2D eigenvalue weighted by Gasteiger charge is 2.35. The molecule has 0 amide bonds. The molecule has 0 bridgehead atoms. The normalized spacial score (nSPS) is 12.0. The molecule has 2 heterocycles. The molecule has 1 aromatic carbocycles. The van der Waals surface area contributed by atoms with E-state index >= 15 is 0 Å². The van der Waals surface area contributed by atoms with Gasteiger partial charge in [0.05, 0.1) is 30.9 Å². The van der Waals surface area contributed by atoms with Gasteiger partial charge < -0.3 is 9.47 Å². The number of halogens is 3. The van der Waals surface area contributed by atoms with Crippen LogP contribution in [0.3, 0.4) is 0 Å². The zero-order chi connectivity index (χ0) is 22.6. The molecule has 12 heteroatoms. The third kappa shape index (κ3) is 5.95. The minimum absolute atomic E-state index is 0.0900. The molecule has 3 rings (SSSR count). The van der Waals surface area contributed by atoms with Gasteiger partial charge in [-0.05, 0) is 36.4 Å². The number of rotatable bonds is 8. The first-order chi connectivity index (χ1) is 14.6. The van der Waals surface area contributed by atoms with Crippen LogP contribution in [0.1, 0.15) is 5.69 Å². The number of nitrogens with one attached hydrogen (secondary N) is 1. The molecule has 0 aliphatic carbocycles. The number of alkyl halides is 3. The van der Waals surface area contributed by atoms with Gasteiger partial charge in [0, 0.05) is 18.2 Å². The summed E-state index contributed by atoms with van der Waals surface area (Å²) in [5.74, 6) is 0.757. The minimum Gasteiger partial charge on any atom is -0.492 e. The predicted octanol–water partition coefficient (Wildman–Crippen LogP) is 2.89. The van der Waals surface area contributed by atoms with Crippen molar-refractivity contribution < 1.29 is 31.1 Å². The second-order valence-corrected chi connectivity index (χ2v) is 8.26. The standard InChI is InChI=1S/C19H19F3N4O4S/c1-29-18-8-5-14(12-23-18)26-16(11-17(25-26)19(20,21)22)13-3-6-15(7-4-13)30-10-9-24-31(2,27)28/h3-8,11-12,24H,9-10H2,1-2H3. The van der Waals surface area contributed by atoms with Crippen molar-refractivity contribution >= 4 is 10.0 Å². The van der Waals surface area contributed by atoms with Gasteiger partial charge in [-0.2, -0.15) is 18.3 Å². The van der Waals surface area contributed by atoms with Crippen LogP contribution in [-0.4, -0.2) is 49.7 Å². The number of benzene rings is 1. The molecule has 166 valence electrons. The van der Waals surface area contributed by atoms with E-state index in [0.29, 0.717) is 22.9 Å². The second-order valence-electron chi connectivity index (χ2n) is 6.42. The number of methoxy groups -OCH3 is 1. The molecule has 1 N–H and O–H groups in total. The Labute approximate surface area is 176 Å². The van der Waals surface area contributed by atoms with Crippen LogP contribution in [0.5, 0.6) is 11.6 Å². The van der Waals surface area contributed by atoms with Crippen LogP contribution in [0.15, 0.2) is 48.7 Å². The lowest BCUT2D eigenvalue weighted by molar-refractivity contribution is -0.141. The second kappa shape index (κ2) is 8.94. The van der Waals surface area contributed by atoms with Crippen LogP contribution in [0, 0.1) is 0 Å². The number of nitrogens with zero attached hydrogens (tertiary/aromatic N) is 3. The third-order valence-electron chi connectivity index (χ3n) is 4.06. The largest absolute Gasteiger partial charge is 0.492 e. The molecule has 0 fully saturated rings. The molecule has 0 atom stereocenters. The summed E-state index contributed by atoms with van der Waals surface area (Å²) in [6.07, 6.45) is -2.21. The highest BCUT2D eigenvalue weighted by Crippen LogP contribution is 2.33. The minimum atomic E-state index is -4.62. The van der Waals surface area contributed by atoms with Gasteiger partial charge in [-0.1, -0.05) is 0 Å². The van der Waals surface area contributed by atoms with Crippen molar-refractivity contribution in [3.63, 3.8) is 0 Å². The van der Waals surface area contributed by atoms with E-state index in [9.17, 15) is 21.6 Å². The third-order valence-corrected chi connectivity index (χ3v) is 4.79. The number of hydrogen-bond donors (Lipinski definition) is 1. The number of pyridine rings is 1. The summed E-state index contributed by atoms with van der Waals surface area (Å²) in [6.45, 7) is 0.187. The number of aromatic nitrogens is 3. The van der Waals surface area contributed by atoms with E-state index in [1.807, 2.05) is 0 Å². The molecule has 0 saturated heterocycles. The highest BCUT2D eigenvalue weighted by molar-refractivity contribution is 7.88. The fraction of sp³-hybridized carbons (Fsp3) is 0.263. The summed E-state index contributed by atoms with van der Waals surface area (Å²) in [4.78, 5) is 4.02. The SMILES string of the molecule is COc1ccc(-n2nc(C(F)(F)F)cc2-c2ccc(OCCNS(C)(=O)=O)cc2)cn1. The van der Waals surface area contributed by atoms with Crippen LogP contribution in [0.25, 0.3) is 16.9 Å². The van der Waals surface area contributed by atoms with Crippen molar-refractivity contribution in [2.75, 3.05) is 26.5 Å². The van der Waals surface area contributed by atoms with Gasteiger partial charge in [-0.25, -0.2) is 22.8 Å². The van der Waals surface area contributed by atoms with Crippen LogP contribution in [-0.2, 0) is 16.2 Å². The number of hydrogen-bond acceptors (Lipinski definition) is 6. The van der Waals surface area contributed by atoms with Crippen LogP contribution < -0.4 is 14.2 Å². The predicted molar refractivity (Wildman–Crippen MR) is 107 cm³/mol. The van der Waals surface area contributed by atoms with E-state index in [1.165, 1.54) is 19.4 Å². The van der Waals surface area contributed by atoms with Gasteiger partial charge in [0.15, 0.2) is 5.69 Å². The smallest absolute Gasteiger partial charge is 0.435 e. The Kier molecular flexibility index (Phi) is 6.51. The zero-order valence-electron chi connectivity index (χ0n) is 16.5. The first-order valence-electron chi connectivity index (χ1n) is 8.92. The first-order valence-corrected chi connectivity index (χ1v) is 10.8. The van der Waals surface area contributed by atoms with Gasteiger partial charge in [0.2, 0.25) is 15.9 Å².